The lowest BCUT2D eigenvalue weighted by molar-refractivity contribution is -0.919. The molecule has 1 fully saturated rings. The summed E-state index contributed by atoms with van der Waals surface area (Å²) in [4.78, 5) is 16.9. The molecule has 0 aromatic carbocycles. The third kappa shape index (κ3) is 3.04. The van der Waals surface area contributed by atoms with E-state index in [1.54, 1.807) is 6.92 Å². The molecule has 94 valence electrons. The van der Waals surface area contributed by atoms with Crippen LogP contribution in [0.2, 0.25) is 0 Å². The molecular formula is C12H18N2O2S. The summed E-state index contributed by atoms with van der Waals surface area (Å²) in [7, 11) is 0. The number of aromatic nitrogens is 1. The minimum Gasteiger partial charge on any atom is -0.544 e. The standard InChI is InChI=1S/C12H18N2O2S/c1-8-3-5-14(6-4-8)7-10-13-9(2)11(17-10)12(15)16/h8H,3-7H2,1-2H3,(H,15,16). The van der Waals surface area contributed by atoms with Crippen LogP contribution >= 0.6 is 11.3 Å². The number of likely N-dealkylation sites (tertiary alicyclic amines) is 1. The van der Waals surface area contributed by atoms with E-state index in [0.29, 0.717) is 5.69 Å². The van der Waals surface area contributed by atoms with Crippen LogP contribution in [0.5, 0.6) is 0 Å². The van der Waals surface area contributed by atoms with Gasteiger partial charge in [0.2, 0.25) is 0 Å². The van der Waals surface area contributed by atoms with Gasteiger partial charge in [-0.3, -0.25) is 0 Å². The smallest absolute Gasteiger partial charge is 0.148 e. The molecule has 2 heterocycles. The van der Waals surface area contributed by atoms with Crippen molar-refractivity contribution in [2.24, 2.45) is 5.92 Å². The Morgan fingerprint density at radius 3 is 2.71 bits per heavy atom. The second kappa shape index (κ2) is 5.14. The zero-order valence-corrected chi connectivity index (χ0v) is 11.1. The molecule has 5 heteroatoms. The van der Waals surface area contributed by atoms with Gasteiger partial charge in [0.1, 0.15) is 11.6 Å². The molecular weight excluding hydrogens is 236 g/mol. The molecule has 0 aliphatic carbocycles. The molecule has 1 aromatic heterocycles. The van der Waals surface area contributed by atoms with Crippen LogP contribution in [0.1, 0.15) is 40.1 Å². The van der Waals surface area contributed by atoms with E-state index >= 15 is 0 Å². The SMILES string of the molecule is Cc1nc(C[NH+]2CCC(C)CC2)sc1C(=O)[O-]. The average molecular weight is 254 g/mol. The fourth-order valence-electron chi connectivity index (χ4n) is 2.28. The van der Waals surface area contributed by atoms with Gasteiger partial charge in [0, 0.05) is 0 Å². The number of carboxylic acid groups (broad SMARTS) is 1. The number of rotatable bonds is 3. The summed E-state index contributed by atoms with van der Waals surface area (Å²) in [5.41, 5.74) is 0.592. The molecule has 0 saturated carbocycles. The van der Waals surface area contributed by atoms with Gasteiger partial charge in [-0.2, -0.15) is 0 Å². The van der Waals surface area contributed by atoms with Gasteiger partial charge in [0.15, 0.2) is 0 Å². The van der Waals surface area contributed by atoms with E-state index in [1.165, 1.54) is 42.2 Å². The number of nitrogens with one attached hydrogen (secondary N) is 1. The van der Waals surface area contributed by atoms with Gasteiger partial charge >= 0.3 is 0 Å². The minimum atomic E-state index is -1.10. The second-order valence-corrected chi connectivity index (χ2v) is 6.00. The number of aromatic carboxylic acids is 1. The molecule has 2 rings (SSSR count). The third-order valence-electron chi connectivity index (χ3n) is 3.41. The van der Waals surface area contributed by atoms with Crippen molar-refractivity contribution < 1.29 is 14.8 Å². The van der Waals surface area contributed by atoms with Crippen molar-refractivity contribution in [1.82, 2.24) is 4.98 Å². The maximum Gasteiger partial charge on any atom is 0.148 e. The molecule has 1 aromatic rings. The molecule has 1 N–H and O–H groups in total. The van der Waals surface area contributed by atoms with Crippen LogP contribution in [0.3, 0.4) is 0 Å². The maximum absolute atomic E-state index is 10.8. The molecule has 0 amide bonds. The van der Waals surface area contributed by atoms with Gasteiger partial charge in [-0.25, -0.2) is 4.98 Å². The molecule has 1 aliphatic rings. The molecule has 17 heavy (non-hydrogen) atoms. The van der Waals surface area contributed by atoms with Crippen molar-refractivity contribution in [1.29, 1.82) is 0 Å². The van der Waals surface area contributed by atoms with Crippen LogP contribution < -0.4 is 10.0 Å². The van der Waals surface area contributed by atoms with Gasteiger partial charge in [0.25, 0.3) is 0 Å². The van der Waals surface area contributed by atoms with Crippen LogP contribution in [-0.4, -0.2) is 24.0 Å². The average Bonchev–Trinajstić information content (AvgIpc) is 2.63. The Balaban J connectivity index is 1.99. The molecule has 0 spiro atoms. The highest BCUT2D eigenvalue weighted by Crippen LogP contribution is 2.16. The van der Waals surface area contributed by atoms with Crippen molar-refractivity contribution in [3.05, 3.63) is 15.6 Å². The highest BCUT2D eigenvalue weighted by molar-refractivity contribution is 7.13. The quantitative estimate of drug-likeness (QED) is 0.801. The van der Waals surface area contributed by atoms with Crippen molar-refractivity contribution in [3.63, 3.8) is 0 Å². The Bertz CT molecular complexity index is 409. The van der Waals surface area contributed by atoms with E-state index in [2.05, 4.69) is 11.9 Å². The van der Waals surface area contributed by atoms with Crippen LogP contribution in [0.25, 0.3) is 0 Å². The van der Waals surface area contributed by atoms with E-state index < -0.39 is 5.97 Å². The number of nitrogens with zero attached hydrogens (tertiary/aromatic N) is 1. The predicted molar refractivity (Wildman–Crippen MR) is 64.0 cm³/mol. The number of quaternary nitrogens is 1. The number of carbonyl (C=O) groups is 1. The molecule has 1 aliphatic heterocycles. The van der Waals surface area contributed by atoms with Gasteiger partial charge in [0.05, 0.1) is 29.6 Å². The summed E-state index contributed by atoms with van der Waals surface area (Å²) in [6.07, 6.45) is 2.51. The summed E-state index contributed by atoms with van der Waals surface area (Å²) >= 11 is 1.27. The summed E-state index contributed by atoms with van der Waals surface area (Å²) in [5.74, 6) is -0.274. The predicted octanol–water partition coefficient (Wildman–Crippen LogP) is -0.370. The summed E-state index contributed by atoms with van der Waals surface area (Å²) in [5, 5.41) is 11.7. The van der Waals surface area contributed by atoms with Crippen molar-refractivity contribution in [2.75, 3.05) is 13.1 Å². The van der Waals surface area contributed by atoms with E-state index in [0.717, 1.165) is 17.5 Å². The lowest BCUT2D eigenvalue weighted by atomic mass is 9.99. The third-order valence-corrected chi connectivity index (χ3v) is 4.55. The minimum absolute atomic E-state index is 0.282. The Hall–Kier alpha value is -0.940. The van der Waals surface area contributed by atoms with Crippen LogP contribution in [0.15, 0.2) is 0 Å². The Kier molecular flexibility index (Phi) is 3.79. The molecule has 1 saturated heterocycles. The first-order valence-electron chi connectivity index (χ1n) is 6.07. The lowest BCUT2D eigenvalue weighted by Crippen LogP contribution is -3.11. The molecule has 4 nitrogen and oxygen atoms in total. The number of hydrogen-bond acceptors (Lipinski definition) is 4. The number of hydrogen-bond donors (Lipinski definition) is 1. The van der Waals surface area contributed by atoms with Crippen LogP contribution in [0.4, 0.5) is 0 Å². The van der Waals surface area contributed by atoms with E-state index in [4.69, 9.17) is 0 Å². The fraction of sp³-hybridized carbons (Fsp3) is 0.667. The first-order chi connectivity index (χ1) is 8.06. The first-order valence-corrected chi connectivity index (χ1v) is 6.89. The highest BCUT2D eigenvalue weighted by atomic mass is 32.1. The topological polar surface area (TPSA) is 57.5 Å². The highest BCUT2D eigenvalue weighted by Gasteiger charge is 2.20. The monoisotopic (exact) mass is 254 g/mol. The maximum atomic E-state index is 10.8. The van der Waals surface area contributed by atoms with E-state index in [9.17, 15) is 9.90 Å². The molecule has 0 radical (unpaired) electrons. The zero-order chi connectivity index (χ0) is 12.4. The van der Waals surface area contributed by atoms with Crippen molar-refractivity contribution in [2.45, 2.75) is 33.2 Å². The normalized spacial score (nSPS) is 24.8. The molecule has 0 atom stereocenters. The summed E-state index contributed by atoms with van der Waals surface area (Å²) in [6, 6.07) is 0. The second-order valence-electron chi connectivity index (χ2n) is 4.92. The van der Waals surface area contributed by atoms with Gasteiger partial charge in [-0.15, -0.1) is 11.3 Å². The zero-order valence-electron chi connectivity index (χ0n) is 10.3. The first kappa shape index (κ1) is 12.5. The van der Waals surface area contributed by atoms with E-state index in [1.807, 2.05) is 0 Å². The number of aryl methyl sites for hydroxylation is 1. The van der Waals surface area contributed by atoms with E-state index in [-0.39, 0.29) is 4.88 Å². The Morgan fingerprint density at radius 2 is 2.18 bits per heavy atom. The number of thiazole rings is 1. The van der Waals surface area contributed by atoms with Crippen LogP contribution in [-0.2, 0) is 6.54 Å². The van der Waals surface area contributed by atoms with Crippen molar-refractivity contribution >= 4 is 17.3 Å². The largest absolute Gasteiger partial charge is 0.544 e. The Morgan fingerprint density at radius 1 is 1.53 bits per heavy atom. The van der Waals surface area contributed by atoms with Crippen molar-refractivity contribution in [3.8, 4) is 0 Å². The lowest BCUT2D eigenvalue weighted by Gasteiger charge is -2.26. The van der Waals surface area contributed by atoms with Gasteiger partial charge in [-0.1, -0.05) is 6.92 Å². The summed E-state index contributed by atoms with van der Waals surface area (Å²) < 4.78 is 0. The number of carbonyl (C=O) groups excluding carboxylic acids is 1. The van der Waals surface area contributed by atoms with Crippen LogP contribution in [0, 0.1) is 12.8 Å². The van der Waals surface area contributed by atoms with Gasteiger partial charge in [-0.05, 0) is 25.7 Å². The number of carboxylic acids is 1. The Labute approximate surface area is 105 Å². The molecule has 0 unspecified atom stereocenters. The number of piperidine rings is 1. The fourth-order valence-corrected chi connectivity index (χ4v) is 3.25. The summed E-state index contributed by atoms with van der Waals surface area (Å²) in [6.45, 7) is 7.21. The van der Waals surface area contributed by atoms with Gasteiger partial charge < -0.3 is 14.8 Å². The molecule has 0 bridgehead atoms.